The summed E-state index contributed by atoms with van der Waals surface area (Å²) in [5.41, 5.74) is 5.72. The third kappa shape index (κ3) is 2.01. The van der Waals surface area contributed by atoms with Gasteiger partial charge in [0.15, 0.2) is 0 Å². The second kappa shape index (κ2) is 3.77. The van der Waals surface area contributed by atoms with Crippen molar-refractivity contribution < 1.29 is 4.79 Å². The smallest absolute Gasteiger partial charge is 0.281 e. The summed E-state index contributed by atoms with van der Waals surface area (Å²) >= 11 is 3.22. The quantitative estimate of drug-likeness (QED) is 0.822. The Bertz CT molecular complexity index is 509. The Hall–Kier alpha value is -1.76. The van der Waals surface area contributed by atoms with Crippen LogP contribution in [0, 0.1) is 0 Å². The van der Waals surface area contributed by atoms with Crippen LogP contribution in [0.3, 0.4) is 0 Å². The highest BCUT2D eigenvalue weighted by atomic mass is 79.9. The van der Waals surface area contributed by atoms with E-state index in [0.29, 0.717) is 5.56 Å². The molecule has 0 bridgehead atoms. The largest absolute Gasteiger partial charge is 0.366 e. The Labute approximate surface area is 93.3 Å². The highest BCUT2D eigenvalue weighted by molar-refractivity contribution is 9.10. The highest BCUT2D eigenvalue weighted by Gasteiger charge is 2.10. The third-order valence-corrected chi connectivity index (χ3v) is 2.10. The number of hydrogen-bond donors (Lipinski definition) is 1. The van der Waals surface area contributed by atoms with Crippen LogP contribution in [0.2, 0.25) is 0 Å². The van der Waals surface area contributed by atoms with Crippen molar-refractivity contribution in [3.63, 3.8) is 0 Å². The highest BCUT2D eigenvalue weighted by Crippen LogP contribution is 2.10. The zero-order valence-corrected chi connectivity index (χ0v) is 9.05. The van der Waals surface area contributed by atoms with Gasteiger partial charge in [-0.3, -0.25) is 9.78 Å². The molecule has 0 aliphatic rings. The normalized spacial score (nSPS) is 10.2. The van der Waals surface area contributed by atoms with Crippen molar-refractivity contribution >= 4 is 27.8 Å². The third-order valence-electron chi connectivity index (χ3n) is 1.67. The molecule has 15 heavy (non-hydrogen) atoms. The van der Waals surface area contributed by atoms with E-state index in [1.54, 1.807) is 12.3 Å². The topological polar surface area (TPSA) is 86.7 Å². The van der Waals surface area contributed by atoms with Gasteiger partial charge in [0.05, 0.1) is 5.56 Å². The van der Waals surface area contributed by atoms with Gasteiger partial charge in [-0.25, -0.2) is 4.98 Å². The zero-order valence-electron chi connectivity index (χ0n) is 7.46. The van der Waals surface area contributed by atoms with E-state index < -0.39 is 0 Å². The summed E-state index contributed by atoms with van der Waals surface area (Å²) < 4.78 is 1.79. The molecule has 6 nitrogen and oxygen atoms in total. The summed E-state index contributed by atoms with van der Waals surface area (Å²) in [5.74, 6) is -0.265. The van der Waals surface area contributed by atoms with Gasteiger partial charge in [0.1, 0.15) is 6.33 Å². The van der Waals surface area contributed by atoms with E-state index in [2.05, 4.69) is 31.0 Å². The van der Waals surface area contributed by atoms with Gasteiger partial charge >= 0.3 is 0 Å². The molecular weight excluding hydrogens is 262 g/mol. The zero-order chi connectivity index (χ0) is 10.8. The minimum Gasteiger partial charge on any atom is -0.366 e. The van der Waals surface area contributed by atoms with Crippen LogP contribution in [0.15, 0.2) is 29.3 Å². The first-order chi connectivity index (χ1) is 7.16. The molecule has 0 fully saturated rings. The van der Waals surface area contributed by atoms with Gasteiger partial charge in [-0.2, -0.15) is 4.68 Å². The standard InChI is InChI=1S/C8H6BrN5O/c9-6-1-5(2-11-3-6)7(15)14-4-12-8(10)13-14/h1-4H,(H2,10,13). The van der Waals surface area contributed by atoms with E-state index in [-0.39, 0.29) is 11.9 Å². The van der Waals surface area contributed by atoms with Gasteiger partial charge in [0, 0.05) is 16.9 Å². The number of carbonyl (C=O) groups is 1. The number of halogens is 1. The molecule has 2 aromatic heterocycles. The first-order valence-electron chi connectivity index (χ1n) is 3.99. The number of rotatable bonds is 1. The fourth-order valence-corrected chi connectivity index (χ4v) is 1.40. The van der Waals surface area contributed by atoms with Crippen LogP contribution < -0.4 is 5.73 Å². The number of nitrogens with two attached hydrogens (primary N) is 1. The van der Waals surface area contributed by atoms with Crippen molar-refractivity contribution in [3.8, 4) is 0 Å². The maximum absolute atomic E-state index is 11.8. The van der Waals surface area contributed by atoms with Crippen LogP contribution in [-0.2, 0) is 0 Å². The molecule has 76 valence electrons. The Kier molecular flexibility index (Phi) is 2.46. The number of carbonyl (C=O) groups excluding carboxylic acids is 1. The molecular formula is C8H6BrN5O. The molecule has 0 saturated carbocycles. The van der Waals surface area contributed by atoms with E-state index in [1.807, 2.05) is 0 Å². The average molecular weight is 268 g/mol. The lowest BCUT2D eigenvalue weighted by molar-refractivity contribution is 0.0944. The predicted octanol–water partition coefficient (Wildman–Crippen LogP) is 0.706. The van der Waals surface area contributed by atoms with Gasteiger partial charge < -0.3 is 5.73 Å². The molecule has 0 amide bonds. The Morgan fingerprint density at radius 1 is 1.47 bits per heavy atom. The minimum atomic E-state index is -0.326. The molecule has 7 heteroatoms. The second-order valence-electron chi connectivity index (χ2n) is 2.74. The van der Waals surface area contributed by atoms with Crippen LogP contribution in [0.5, 0.6) is 0 Å². The Balaban J connectivity index is 2.36. The molecule has 0 spiro atoms. The molecule has 0 unspecified atom stereocenters. The predicted molar refractivity (Wildman–Crippen MR) is 56.1 cm³/mol. The van der Waals surface area contributed by atoms with Gasteiger partial charge in [0.2, 0.25) is 5.95 Å². The Morgan fingerprint density at radius 2 is 2.27 bits per heavy atom. The van der Waals surface area contributed by atoms with E-state index in [4.69, 9.17) is 5.73 Å². The first-order valence-corrected chi connectivity index (χ1v) is 4.78. The lowest BCUT2D eigenvalue weighted by Gasteiger charge is -1.98. The van der Waals surface area contributed by atoms with Crippen LogP contribution in [0.1, 0.15) is 10.4 Å². The molecule has 2 rings (SSSR count). The van der Waals surface area contributed by atoms with Crippen molar-refractivity contribution in [2.24, 2.45) is 0 Å². The lowest BCUT2D eigenvalue weighted by atomic mass is 10.3. The maximum atomic E-state index is 11.8. The molecule has 0 radical (unpaired) electrons. The van der Waals surface area contributed by atoms with E-state index in [0.717, 1.165) is 9.15 Å². The molecule has 0 saturated heterocycles. The van der Waals surface area contributed by atoms with Crippen LogP contribution in [0.25, 0.3) is 0 Å². The van der Waals surface area contributed by atoms with E-state index >= 15 is 0 Å². The van der Waals surface area contributed by atoms with Gasteiger partial charge in [-0.05, 0) is 22.0 Å². The van der Waals surface area contributed by atoms with Gasteiger partial charge in [0.25, 0.3) is 5.91 Å². The monoisotopic (exact) mass is 267 g/mol. The van der Waals surface area contributed by atoms with Crippen molar-refractivity contribution in [2.45, 2.75) is 0 Å². The fraction of sp³-hybridized carbons (Fsp3) is 0. The summed E-state index contributed by atoms with van der Waals surface area (Å²) in [4.78, 5) is 19.3. The molecule has 0 aliphatic heterocycles. The minimum absolute atomic E-state index is 0.0614. The van der Waals surface area contributed by atoms with Crippen molar-refractivity contribution in [1.82, 2.24) is 19.7 Å². The lowest BCUT2D eigenvalue weighted by Crippen LogP contribution is -2.13. The number of anilines is 1. The number of aromatic nitrogens is 4. The van der Waals surface area contributed by atoms with Crippen LogP contribution in [-0.4, -0.2) is 25.7 Å². The van der Waals surface area contributed by atoms with Crippen molar-refractivity contribution in [1.29, 1.82) is 0 Å². The van der Waals surface area contributed by atoms with Gasteiger partial charge in [-0.1, -0.05) is 0 Å². The maximum Gasteiger partial charge on any atom is 0.281 e. The van der Waals surface area contributed by atoms with Crippen molar-refractivity contribution in [2.75, 3.05) is 5.73 Å². The molecule has 2 N–H and O–H groups in total. The molecule has 0 aromatic carbocycles. The molecule has 0 atom stereocenters. The molecule has 0 aliphatic carbocycles. The summed E-state index contributed by atoms with van der Waals surface area (Å²) in [5, 5.41) is 3.71. The number of nitrogen functional groups attached to an aromatic ring is 1. The molecule has 2 heterocycles. The SMILES string of the molecule is Nc1ncn(C(=O)c2cncc(Br)c2)n1. The number of nitrogens with zero attached hydrogens (tertiary/aromatic N) is 4. The summed E-state index contributed by atoms with van der Waals surface area (Å²) in [6, 6.07) is 1.65. The van der Waals surface area contributed by atoms with Crippen LogP contribution in [0.4, 0.5) is 5.95 Å². The second-order valence-corrected chi connectivity index (χ2v) is 3.66. The number of pyridine rings is 1. The average Bonchev–Trinajstić information content (AvgIpc) is 2.64. The summed E-state index contributed by atoms with van der Waals surface area (Å²) in [6.45, 7) is 0. The fourth-order valence-electron chi connectivity index (χ4n) is 1.03. The van der Waals surface area contributed by atoms with Gasteiger partial charge in [-0.15, -0.1) is 5.10 Å². The van der Waals surface area contributed by atoms with E-state index in [1.165, 1.54) is 12.5 Å². The summed E-state index contributed by atoms with van der Waals surface area (Å²) in [7, 11) is 0. The van der Waals surface area contributed by atoms with E-state index in [9.17, 15) is 4.79 Å². The van der Waals surface area contributed by atoms with Crippen molar-refractivity contribution in [3.05, 3.63) is 34.8 Å². The number of hydrogen-bond acceptors (Lipinski definition) is 5. The molecule has 2 aromatic rings. The summed E-state index contributed by atoms with van der Waals surface area (Å²) in [6.07, 6.45) is 4.30. The van der Waals surface area contributed by atoms with Crippen LogP contribution >= 0.6 is 15.9 Å². The first kappa shape index (κ1) is 9.78. The Morgan fingerprint density at radius 3 is 2.87 bits per heavy atom.